The van der Waals surface area contributed by atoms with E-state index in [2.05, 4.69) is 37.8 Å². The number of nitrogens with two attached hydrogens (primary N) is 1. The van der Waals surface area contributed by atoms with Crippen LogP contribution in [0.1, 0.15) is 22.4 Å². The number of hydrazine groups is 1. The van der Waals surface area contributed by atoms with Crippen LogP contribution in [0.2, 0.25) is 0 Å². The monoisotopic (exact) mass is 362 g/mol. The number of halogens is 1. The molecule has 1 atom stereocenters. The third-order valence-corrected chi connectivity index (χ3v) is 4.77. The number of rotatable bonds is 4. The zero-order valence-electron chi connectivity index (χ0n) is 11.5. The predicted molar refractivity (Wildman–Crippen MR) is 90.1 cm³/mol. The zero-order chi connectivity index (χ0) is 14.8. The van der Waals surface area contributed by atoms with Crippen molar-refractivity contribution in [1.82, 2.24) is 15.4 Å². The molecule has 108 valence electrons. The van der Waals surface area contributed by atoms with Crippen LogP contribution in [0.15, 0.2) is 40.2 Å². The molecule has 0 saturated carbocycles. The van der Waals surface area contributed by atoms with E-state index < -0.39 is 0 Å². The molecule has 6 heteroatoms. The summed E-state index contributed by atoms with van der Waals surface area (Å²) < 4.78 is 0.955. The van der Waals surface area contributed by atoms with Gasteiger partial charge in [-0.2, -0.15) is 0 Å². The molecule has 3 aromatic rings. The van der Waals surface area contributed by atoms with E-state index in [0.29, 0.717) is 6.42 Å². The summed E-state index contributed by atoms with van der Waals surface area (Å²) in [5.41, 5.74) is 5.75. The van der Waals surface area contributed by atoms with Crippen LogP contribution in [0.25, 0.3) is 10.9 Å². The number of benzene rings is 1. The molecular formula is C15H15BrN4S. The van der Waals surface area contributed by atoms with Crippen LogP contribution in [0.5, 0.6) is 0 Å². The third-order valence-electron chi connectivity index (χ3n) is 3.32. The fourth-order valence-electron chi connectivity index (χ4n) is 2.30. The summed E-state index contributed by atoms with van der Waals surface area (Å²) in [7, 11) is 0. The summed E-state index contributed by atoms with van der Waals surface area (Å²) in [6.07, 6.45) is 0.713. The van der Waals surface area contributed by atoms with Crippen molar-refractivity contribution >= 4 is 38.2 Å². The maximum atomic E-state index is 5.74. The number of pyridine rings is 1. The number of hydrogen-bond acceptors (Lipinski definition) is 5. The molecule has 21 heavy (non-hydrogen) atoms. The summed E-state index contributed by atoms with van der Waals surface area (Å²) in [6.45, 7) is 2.00. The lowest BCUT2D eigenvalue weighted by Crippen LogP contribution is -2.30. The molecule has 0 spiro atoms. The maximum Gasteiger partial charge on any atom is 0.0897 e. The summed E-state index contributed by atoms with van der Waals surface area (Å²) >= 11 is 5.25. The average Bonchev–Trinajstić information content (AvgIpc) is 2.89. The van der Waals surface area contributed by atoms with Crippen LogP contribution in [-0.2, 0) is 6.42 Å². The minimum atomic E-state index is -0.0783. The smallest absolute Gasteiger partial charge is 0.0897 e. The minimum absolute atomic E-state index is 0.0783. The molecule has 0 saturated heterocycles. The van der Waals surface area contributed by atoms with Crippen LogP contribution in [0.3, 0.4) is 0 Å². The first-order chi connectivity index (χ1) is 10.2. The number of thiazole rings is 1. The number of aromatic nitrogens is 2. The van der Waals surface area contributed by atoms with Gasteiger partial charge in [0, 0.05) is 21.7 Å². The second kappa shape index (κ2) is 6.19. The van der Waals surface area contributed by atoms with E-state index >= 15 is 0 Å². The van der Waals surface area contributed by atoms with Crippen LogP contribution >= 0.6 is 27.3 Å². The van der Waals surface area contributed by atoms with E-state index in [1.807, 2.05) is 31.2 Å². The molecule has 1 unspecified atom stereocenters. The van der Waals surface area contributed by atoms with E-state index in [1.54, 1.807) is 11.3 Å². The maximum absolute atomic E-state index is 5.74. The second-order valence-corrected chi connectivity index (χ2v) is 6.75. The predicted octanol–water partition coefficient (Wildman–Crippen LogP) is 3.51. The van der Waals surface area contributed by atoms with Crippen LogP contribution in [0, 0.1) is 6.92 Å². The molecule has 0 aliphatic heterocycles. The topological polar surface area (TPSA) is 63.8 Å². The molecule has 2 aromatic heterocycles. The van der Waals surface area contributed by atoms with Gasteiger partial charge in [0.2, 0.25) is 0 Å². The van der Waals surface area contributed by atoms with Crippen molar-refractivity contribution in [1.29, 1.82) is 0 Å². The summed E-state index contributed by atoms with van der Waals surface area (Å²) in [4.78, 5) is 9.23. The number of fused-ring (bicyclic) bond motifs is 1. The Labute approximate surface area is 135 Å². The van der Waals surface area contributed by atoms with Gasteiger partial charge in [-0.1, -0.05) is 18.2 Å². The van der Waals surface area contributed by atoms with Crippen LogP contribution in [0.4, 0.5) is 0 Å². The summed E-state index contributed by atoms with van der Waals surface area (Å²) in [6, 6.07) is 10.0. The Morgan fingerprint density at radius 1 is 1.33 bits per heavy atom. The molecule has 0 fully saturated rings. The molecule has 0 amide bonds. The lowest BCUT2D eigenvalue weighted by atomic mass is 10.1. The second-order valence-electron chi connectivity index (χ2n) is 4.83. The number of nitrogens with zero attached hydrogens (tertiary/aromatic N) is 2. The average molecular weight is 363 g/mol. The number of nitrogens with one attached hydrogen (secondary N) is 1. The van der Waals surface area contributed by atoms with Gasteiger partial charge in [0.05, 0.1) is 28.0 Å². The van der Waals surface area contributed by atoms with Gasteiger partial charge in [-0.3, -0.25) is 11.3 Å². The Balaban J connectivity index is 1.97. The molecule has 0 aliphatic rings. The highest BCUT2D eigenvalue weighted by molar-refractivity contribution is 9.10. The minimum Gasteiger partial charge on any atom is -0.271 e. The van der Waals surface area contributed by atoms with Gasteiger partial charge in [-0.15, -0.1) is 11.3 Å². The quantitative estimate of drug-likeness (QED) is 0.550. The van der Waals surface area contributed by atoms with Crippen molar-refractivity contribution in [2.45, 2.75) is 19.4 Å². The highest BCUT2D eigenvalue weighted by atomic mass is 79.9. The van der Waals surface area contributed by atoms with Crippen molar-refractivity contribution in [3.63, 3.8) is 0 Å². The van der Waals surface area contributed by atoms with E-state index in [-0.39, 0.29) is 6.04 Å². The molecular weight excluding hydrogens is 348 g/mol. The van der Waals surface area contributed by atoms with E-state index in [4.69, 9.17) is 10.8 Å². The Hall–Kier alpha value is -1.34. The van der Waals surface area contributed by atoms with Gasteiger partial charge in [-0.25, -0.2) is 9.97 Å². The van der Waals surface area contributed by atoms with Crippen LogP contribution in [-0.4, -0.2) is 9.97 Å². The molecule has 0 aliphatic carbocycles. The standard InChI is InChI=1S/C15H15BrN4S/c1-9-18-11(8-21-9)7-14(20-17)15-12(16)6-10-4-2-3-5-13(10)19-15/h2-6,8,14,20H,7,17H2,1H3. The Morgan fingerprint density at radius 3 is 2.86 bits per heavy atom. The zero-order valence-corrected chi connectivity index (χ0v) is 13.9. The van der Waals surface area contributed by atoms with Gasteiger partial charge < -0.3 is 0 Å². The van der Waals surface area contributed by atoms with Crippen molar-refractivity contribution in [3.8, 4) is 0 Å². The van der Waals surface area contributed by atoms with Crippen molar-refractivity contribution in [2.75, 3.05) is 0 Å². The first kappa shape index (κ1) is 14.6. The molecule has 2 heterocycles. The fourth-order valence-corrected chi connectivity index (χ4v) is 3.53. The number of aryl methyl sites for hydroxylation is 1. The fraction of sp³-hybridized carbons (Fsp3) is 0.200. The highest BCUT2D eigenvalue weighted by Crippen LogP contribution is 2.28. The summed E-state index contributed by atoms with van der Waals surface area (Å²) in [5.74, 6) is 5.74. The van der Waals surface area contributed by atoms with Gasteiger partial charge in [0.15, 0.2) is 0 Å². The van der Waals surface area contributed by atoms with Gasteiger partial charge in [0.25, 0.3) is 0 Å². The molecule has 1 aromatic carbocycles. The van der Waals surface area contributed by atoms with Gasteiger partial charge in [-0.05, 0) is 35.0 Å². The van der Waals surface area contributed by atoms with E-state index in [1.165, 1.54) is 0 Å². The van der Waals surface area contributed by atoms with Gasteiger partial charge >= 0.3 is 0 Å². The molecule has 0 radical (unpaired) electrons. The van der Waals surface area contributed by atoms with E-state index in [9.17, 15) is 0 Å². The SMILES string of the molecule is Cc1nc(CC(NN)c2nc3ccccc3cc2Br)cs1. The largest absolute Gasteiger partial charge is 0.271 e. The number of hydrogen-bond donors (Lipinski definition) is 2. The first-order valence-electron chi connectivity index (χ1n) is 6.59. The van der Waals surface area contributed by atoms with Crippen LogP contribution < -0.4 is 11.3 Å². The van der Waals surface area contributed by atoms with Crippen molar-refractivity contribution in [3.05, 3.63) is 56.6 Å². The third kappa shape index (κ3) is 3.13. The molecule has 4 nitrogen and oxygen atoms in total. The first-order valence-corrected chi connectivity index (χ1v) is 8.27. The molecule has 3 rings (SSSR count). The Morgan fingerprint density at radius 2 is 2.14 bits per heavy atom. The highest BCUT2D eigenvalue weighted by Gasteiger charge is 2.17. The number of para-hydroxylation sites is 1. The lowest BCUT2D eigenvalue weighted by Gasteiger charge is -2.16. The van der Waals surface area contributed by atoms with Gasteiger partial charge in [0.1, 0.15) is 0 Å². The normalized spacial score (nSPS) is 12.7. The lowest BCUT2D eigenvalue weighted by molar-refractivity contribution is 0.533. The van der Waals surface area contributed by atoms with Crippen molar-refractivity contribution < 1.29 is 0 Å². The Bertz CT molecular complexity index is 771. The van der Waals surface area contributed by atoms with Crippen molar-refractivity contribution in [2.24, 2.45) is 5.84 Å². The molecule has 0 bridgehead atoms. The van der Waals surface area contributed by atoms with E-state index in [0.717, 1.165) is 31.8 Å². The molecule has 3 N–H and O–H groups in total. The Kier molecular flexibility index (Phi) is 4.30. The summed E-state index contributed by atoms with van der Waals surface area (Å²) in [5, 5.41) is 4.23.